The van der Waals surface area contributed by atoms with Crippen molar-refractivity contribution in [3.05, 3.63) is 17.8 Å². The molecule has 0 saturated carbocycles. The highest BCUT2D eigenvalue weighted by atomic mass is 16.5. The van der Waals surface area contributed by atoms with Gasteiger partial charge in [-0.05, 0) is 25.8 Å². The lowest BCUT2D eigenvalue weighted by molar-refractivity contribution is 0.382. The number of nitrogens with one attached hydrogen (secondary N) is 1. The molecule has 88 valence electrons. The molecule has 0 amide bonds. The predicted octanol–water partition coefficient (Wildman–Crippen LogP) is 1.39. The van der Waals surface area contributed by atoms with E-state index in [0.29, 0.717) is 11.9 Å². The molecule has 0 radical (unpaired) electrons. The molecule has 0 aliphatic carbocycles. The molecule has 4 heteroatoms. The van der Waals surface area contributed by atoms with Crippen molar-refractivity contribution in [2.75, 3.05) is 20.8 Å². The predicted molar refractivity (Wildman–Crippen MR) is 62.1 cm³/mol. The molecule has 1 aliphatic heterocycles. The average molecular weight is 222 g/mol. The van der Waals surface area contributed by atoms with Gasteiger partial charge in [-0.15, -0.1) is 0 Å². The fourth-order valence-corrected chi connectivity index (χ4v) is 2.11. The summed E-state index contributed by atoms with van der Waals surface area (Å²) >= 11 is 0. The number of hydrogen-bond donors (Lipinski definition) is 1. The highest BCUT2D eigenvalue weighted by Gasteiger charge is 2.17. The minimum atomic E-state index is 0.556. The highest BCUT2D eigenvalue weighted by molar-refractivity contribution is 5.35. The zero-order valence-corrected chi connectivity index (χ0v) is 9.82. The Hall–Kier alpha value is -1.29. The molecule has 1 aliphatic rings. The smallest absolute Gasteiger partial charge is 0.213 e. The molecule has 1 saturated heterocycles. The third kappa shape index (κ3) is 2.44. The van der Waals surface area contributed by atoms with Crippen molar-refractivity contribution in [1.82, 2.24) is 10.3 Å². The van der Waals surface area contributed by atoms with Crippen molar-refractivity contribution in [3.63, 3.8) is 0 Å². The van der Waals surface area contributed by atoms with Gasteiger partial charge in [0, 0.05) is 17.7 Å². The van der Waals surface area contributed by atoms with E-state index in [0.717, 1.165) is 24.3 Å². The van der Waals surface area contributed by atoms with Crippen molar-refractivity contribution in [1.29, 1.82) is 0 Å². The molecule has 1 unspecified atom stereocenters. The van der Waals surface area contributed by atoms with Crippen molar-refractivity contribution in [2.24, 2.45) is 0 Å². The van der Waals surface area contributed by atoms with Gasteiger partial charge >= 0.3 is 0 Å². The highest BCUT2D eigenvalue weighted by Crippen LogP contribution is 2.24. The van der Waals surface area contributed by atoms with Crippen LogP contribution in [-0.4, -0.2) is 31.8 Å². The molecule has 0 spiro atoms. The first kappa shape index (κ1) is 11.2. The first-order valence-corrected chi connectivity index (χ1v) is 5.63. The van der Waals surface area contributed by atoms with Crippen LogP contribution in [0.1, 0.15) is 18.4 Å². The molecule has 1 N–H and O–H groups in total. The Morgan fingerprint density at radius 2 is 2.31 bits per heavy atom. The van der Waals surface area contributed by atoms with Crippen LogP contribution in [-0.2, 0) is 6.42 Å². The third-order valence-corrected chi connectivity index (χ3v) is 2.98. The van der Waals surface area contributed by atoms with E-state index in [2.05, 4.69) is 10.3 Å². The molecule has 2 heterocycles. The van der Waals surface area contributed by atoms with E-state index in [1.165, 1.54) is 12.8 Å². The summed E-state index contributed by atoms with van der Waals surface area (Å²) in [4.78, 5) is 4.14. The average Bonchev–Trinajstić information content (AvgIpc) is 2.82. The monoisotopic (exact) mass is 222 g/mol. The van der Waals surface area contributed by atoms with E-state index in [4.69, 9.17) is 9.47 Å². The Balaban J connectivity index is 2.15. The van der Waals surface area contributed by atoms with Crippen LogP contribution in [0.4, 0.5) is 0 Å². The molecular weight excluding hydrogens is 204 g/mol. The number of hydrogen-bond acceptors (Lipinski definition) is 4. The Morgan fingerprint density at radius 3 is 2.94 bits per heavy atom. The molecule has 1 fully saturated rings. The lowest BCUT2D eigenvalue weighted by Crippen LogP contribution is -2.23. The van der Waals surface area contributed by atoms with Gasteiger partial charge < -0.3 is 14.8 Å². The van der Waals surface area contributed by atoms with Gasteiger partial charge in [-0.1, -0.05) is 0 Å². The Kier molecular flexibility index (Phi) is 3.62. The molecule has 1 aromatic heterocycles. The van der Waals surface area contributed by atoms with E-state index in [1.807, 2.05) is 6.07 Å². The van der Waals surface area contributed by atoms with Crippen molar-refractivity contribution in [2.45, 2.75) is 25.3 Å². The lowest BCUT2D eigenvalue weighted by Gasteiger charge is -2.13. The molecule has 4 nitrogen and oxygen atoms in total. The van der Waals surface area contributed by atoms with Crippen molar-refractivity contribution in [3.8, 4) is 11.6 Å². The zero-order chi connectivity index (χ0) is 11.4. The second-order valence-corrected chi connectivity index (χ2v) is 4.04. The largest absolute Gasteiger partial charge is 0.495 e. The van der Waals surface area contributed by atoms with E-state index in [9.17, 15) is 0 Å². The van der Waals surface area contributed by atoms with E-state index < -0.39 is 0 Å². The van der Waals surface area contributed by atoms with E-state index >= 15 is 0 Å². The topological polar surface area (TPSA) is 43.4 Å². The van der Waals surface area contributed by atoms with E-state index in [-0.39, 0.29) is 0 Å². The van der Waals surface area contributed by atoms with Gasteiger partial charge in [0.15, 0.2) is 0 Å². The van der Waals surface area contributed by atoms with Crippen LogP contribution in [0.3, 0.4) is 0 Å². The maximum Gasteiger partial charge on any atom is 0.213 e. The summed E-state index contributed by atoms with van der Waals surface area (Å²) in [6.07, 6.45) is 5.19. The van der Waals surface area contributed by atoms with Gasteiger partial charge in [0.25, 0.3) is 0 Å². The fraction of sp³-hybridized carbons (Fsp3) is 0.583. The summed E-state index contributed by atoms with van der Waals surface area (Å²) < 4.78 is 10.4. The van der Waals surface area contributed by atoms with Crippen LogP contribution in [0.15, 0.2) is 12.3 Å². The molecule has 2 rings (SSSR count). The summed E-state index contributed by atoms with van der Waals surface area (Å²) in [6.45, 7) is 1.12. The second-order valence-electron chi connectivity index (χ2n) is 4.04. The maximum absolute atomic E-state index is 5.31. The number of nitrogens with zero attached hydrogens (tertiary/aromatic N) is 1. The first-order valence-electron chi connectivity index (χ1n) is 5.63. The van der Waals surface area contributed by atoms with Crippen LogP contribution in [0.5, 0.6) is 11.6 Å². The summed E-state index contributed by atoms with van der Waals surface area (Å²) in [6, 6.07) is 2.51. The molecule has 0 aromatic carbocycles. The lowest BCUT2D eigenvalue weighted by atomic mass is 10.1. The fourth-order valence-electron chi connectivity index (χ4n) is 2.11. The first-order chi connectivity index (χ1) is 7.83. The summed E-state index contributed by atoms with van der Waals surface area (Å²) in [5.41, 5.74) is 1.16. The van der Waals surface area contributed by atoms with Gasteiger partial charge in [0.1, 0.15) is 5.75 Å². The molecule has 1 atom stereocenters. The second kappa shape index (κ2) is 5.16. The van der Waals surface area contributed by atoms with Crippen molar-refractivity contribution < 1.29 is 9.47 Å². The molecule has 16 heavy (non-hydrogen) atoms. The molecule has 1 aromatic rings. The van der Waals surface area contributed by atoms with Crippen LogP contribution in [0.2, 0.25) is 0 Å². The minimum absolute atomic E-state index is 0.556. The Labute approximate surface area is 96.0 Å². The molecular formula is C12H18N2O2. The maximum atomic E-state index is 5.31. The summed E-state index contributed by atoms with van der Waals surface area (Å²) in [5.74, 6) is 1.49. The summed E-state index contributed by atoms with van der Waals surface area (Å²) in [5, 5.41) is 3.48. The third-order valence-electron chi connectivity index (χ3n) is 2.98. The van der Waals surface area contributed by atoms with Crippen LogP contribution in [0, 0.1) is 0 Å². The summed E-state index contributed by atoms with van der Waals surface area (Å²) in [7, 11) is 3.31. The van der Waals surface area contributed by atoms with Gasteiger partial charge in [-0.2, -0.15) is 0 Å². The van der Waals surface area contributed by atoms with Crippen LogP contribution < -0.4 is 14.8 Å². The number of ether oxygens (including phenoxy) is 2. The Morgan fingerprint density at radius 1 is 1.44 bits per heavy atom. The standard InChI is InChI=1S/C12H18N2O2/c1-15-11-8-14-12(16-2)7-9(11)6-10-4-3-5-13-10/h7-8,10,13H,3-6H2,1-2H3. The van der Waals surface area contributed by atoms with Crippen LogP contribution >= 0.6 is 0 Å². The number of aromatic nitrogens is 1. The van der Waals surface area contributed by atoms with Crippen LogP contribution in [0.25, 0.3) is 0 Å². The number of rotatable bonds is 4. The van der Waals surface area contributed by atoms with Gasteiger partial charge in [0.05, 0.1) is 20.4 Å². The normalized spacial score (nSPS) is 19.8. The SMILES string of the molecule is COc1cc(CC2CCCN2)c(OC)cn1. The van der Waals surface area contributed by atoms with Gasteiger partial charge in [-0.25, -0.2) is 4.98 Å². The van der Waals surface area contributed by atoms with Crippen molar-refractivity contribution >= 4 is 0 Å². The number of pyridine rings is 1. The number of methoxy groups -OCH3 is 2. The Bertz CT molecular complexity index is 349. The zero-order valence-electron chi connectivity index (χ0n) is 9.82. The quantitative estimate of drug-likeness (QED) is 0.836. The van der Waals surface area contributed by atoms with E-state index in [1.54, 1.807) is 20.4 Å². The van der Waals surface area contributed by atoms with Gasteiger partial charge in [0.2, 0.25) is 5.88 Å². The minimum Gasteiger partial charge on any atom is -0.495 e. The van der Waals surface area contributed by atoms with Gasteiger partial charge in [-0.3, -0.25) is 0 Å². The molecule has 0 bridgehead atoms.